The third-order valence-corrected chi connectivity index (χ3v) is 5.49. The Balaban J connectivity index is 1.50. The molecule has 1 aliphatic carbocycles. The summed E-state index contributed by atoms with van der Waals surface area (Å²) in [6, 6.07) is 4.14. The molecule has 2 atom stereocenters. The maximum Gasteiger partial charge on any atom is 0.257 e. The van der Waals surface area contributed by atoms with Gasteiger partial charge in [0.1, 0.15) is 11.6 Å². The second kappa shape index (κ2) is 5.76. The predicted octanol–water partition coefficient (Wildman–Crippen LogP) is 2.15. The summed E-state index contributed by atoms with van der Waals surface area (Å²) in [5.74, 6) is -0.590. The monoisotopic (exact) mass is 332 g/mol. The van der Waals surface area contributed by atoms with Crippen LogP contribution in [0.25, 0.3) is 0 Å². The fourth-order valence-corrected chi connectivity index (χ4v) is 4.16. The number of aromatic hydroxyl groups is 1. The van der Waals surface area contributed by atoms with Gasteiger partial charge in [-0.25, -0.2) is 4.39 Å². The van der Waals surface area contributed by atoms with E-state index in [1.807, 2.05) is 0 Å². The van der Waals surface area contributed by atoms with Crippen LogP contribution in [0.2, 0.25) is 0 Å². The van der Waals surface area contributed by atoms with E-state index in [0.29, 0.717) is 31.5 Å². The lowest BCUT2D eigenvalue weighted by Gasteiger charge is -2.47. The smallest absolute Gasteiger partial charge is 0.257 e. The molecule has 4 rings (SSSR count). The number of fused-ring (bicyclic) bond motifs is 1. The largest absolute Gasteiger partial charge is 0.507 e. The maximum atomic E-state index is 13.1. The summed E-state index contributed by atoms with van der Waals surface area (Å²) in [5, 5.41) is 9.84. The quantitative estimate of drug-likeness (QED) is 0.903. The minimum atomic E-state index is -0.561. The zero-order chi connectivity index (χ0) is 16.8. The second-order valence-corrected chi connectivity index (χ2v) is 7.10. The van der Waals surface area contributed by atoms with E-state index < -0.39 is 5.82 Å². The van der Waals surface area contributed by atoms with Crippen LogP contribution in [-0.4, -0.2) is 51.9 Å². The van der Waals surface area contributed by atoms with Crippen LogP contribution in [-0.2, 0) is 4.79 Å². The number of nitrogens with zero attached hydrogens (tertiary/aromatic N) is 2. The van der Waals surface area contributed by atoms with Crippen molar-refractivity contribution in [2.45, 2.75) is 44.2 Å². The number of halogens is 1. The molecule has 1 aromatic rings. The SMILES string of the molecule is O=C(c1ccc(F)cc1O)N1CC[C@@H]2[C@@H](CCC(=O)N2C2CC2)C1. The van der Waals surface area contributed by atoms with Gasteiger partial charge in [-0.2, -0.15) is 0 Å². The summed E-state index contributed by atoms with van der Waals surface area (Å²) in [5.41, 5.74) is 0.140. The summed E-state index contributed by atoms with van der Waals surface area (Å²) in [7, 11) is 0. The van der Waals surface area contributed by atoms with Crippen molar-refractivity contribution in [3.05, 3.63) is 29.6 Å². The number of hydrogen-bond donors (Lipinski definition) is 1. The summed E-state index contributed by atoms with van der Waals surface area (Å²) in [4.78, 5) is 28.7. The predicted molar refractivity (Wildman–Crippen MR) is 85.0 cm³/mol. The highest BCUT2D eigenvalue weighted by atomic mass is 19.1. The van der Waals surface area contributed by atoms with E-state index in [9.17, 15) is 19.1 Å². The van der Waals surface area contributed by atoms with Crippen LogP contribution >= 0.6 is 0 Å². The molecule has 2 saturated heterocycles. The number of hydrogen-bond acceptors (Lipinski definition) is 3. The number of phenolic OH excluding ortho intramolecular Hbond substituents is 1. The van der Waals surface area contributed by atoms with Gasteiger partial charge in [-0.15, -0.1) is 0 Å². The van der Waals surface area contributed by atoms with Gasteiger partial charge in [0.2, 0.25) is 5.91 Å². The van der Waals surface area contributed by atoms with Crippen LogP contribution < -0.4 is 0 Å². The molecule has 2 aliphatic heterocycles. The van der Waals surface area contributed by atoms with Gasteiger partial charge < -0.3 is 14.9 Å². The molecule has 128 valence electrons. The van der Waals surface area contributed by atoms with E-state index in [-0.39, 0.29) is 29.2 Å². The van der Waals surface area contributed by atoms with E-state index in [1.165, 1.54) is 12.1 Å². The normalized spacial score (nSPS) is 27.1. The lowest BCUT2D eigenvalue weighted by atomic mass is 9.83. The van der Waals surface area contributed by atoms with Crippen molar-refractivity contribution in [2.75, 3.05) is 13.1 Å². The highest BCUT2D eigenvalue weighted by molar-refractivity contribution is 5.97. The van der Waals surface area contributed by atoms with Gasteiger partial charge in [0.05, 0.1) is 5.56 Å². The Labute approximate surface area is 140 Å². The van der Waals surface area contributed by atoms with E-state index in [1.54, 1.807) is 4.90 Å². The molecule has 6 heteroatoms. The first-order valence-electron chi connectivity index (χ1n) is 8.63. The van der Waals surface area contributed by atoms with Crippen LogP contribution in [0.4, 0.5) is 4.39 Å². The molecule has 3 fully saturated rings. The first-order valence-corrected chi connectivity index (χ1v) is 8.63. The van der Waals surface area contributed by atoms with E-state index in [2.05, 4.69) is 4.90 Å². The minimum Gasteiger partial charge on any atom is -0.507 e. The van der Waals surface area contributed by atoms with Crippen LogP contribution in [0, 0.1) is 11.7 Å². The van der Waals surface area contributed by atoms with Crippen molar-refractivity contribution in [1.82, 2.24) is 9.80 Å². The van der Waals surface area contributed by atoms with Gasteiger partial charge in [0.15, 0.2) is 0 Å². The minimum absolute atomic E-state index is 0.140. The van der Waals surface area contributed by atoms with Crippen molar-refractivity contribution in [2.24, 2.45) is 5.92 Å². The number of amides is 2. The Bertz CT molecular complexity index is 689. The molecule has 2 amide bonds. The Morgan fingerprint density at radius 1 is 1.21 bits per heavy atom. The molecule has 3 aliphatic rings. The van der Waals surface area contributed by atoms with E-state index in [4.69, 9.17) is 0 Å². The number of benzene rings is 1. The highest BCUT2D eigenvalue weighted by Crippen LogP contribution is 2.39. The number of phenols is 1. The molecular formula is C18H21FN2O3. The highest BCUT2D eigenvalue weighted by Gasteiger charge is 2.45. The lowest BCUT2D eigenvalue weighted by Crippen LogP contribution is -2.57. The molecule has 2 heterocycles. The van der Waals surface area contributed by atoms with Crippen molar-refractivity contribution in [3.8, 4) is 5.75 Å². The number of piperidine rings is 2. The summed E-state index contributed by atoms with van der Waals surface area (Å²) >= 11 is 0. The number of likely N-dealkylation sites (tertiary alicyclic amines) is 2. The van der Waals surface area contributed by atoms with Gasteiger partial charge in [0, 0.05) is 37.7 Å². The van der Waals surface area contributed by atoms with E-state index >= 15 is 0 Å². The zero-order valence-corrected chi connectivity index (χ0v) is 13.4. The fourth-order valence-electron chi connectivity index (χ4n) is 4.16. The Hall–Kier alpha value is -2.11. The number of rotatable bonds is 2. The topological polar surface area (TPSA) is 60.9 Å². The summed E-state index contributed by atoms with van der Waals surface area (Å²) < 4.78 is 13.1. The molecular weight excluding hydrogens is 311 g/mol. The zero-order valence-electron chi connectivity index (χ0n) is 13.4. The fraction of sp³-hybridized carbons (Fsp3) is 0.556. The Morgan fingerprint density at radius 2 is 2.00 bits per heavy atom. The Kier molecular flexibility index (Phi) is 3.70. The molecule has 0 spiro atoms. The Morgan fingerprint density at radius 3 is 2.71 bits per heavy atom. The molecule has 1 N–H and O–H groups in total. The van der Waals surface area contributed by atoms with Crippen molar-refractivity contribution in [1.29, 1.82) is 0 Å². The molecule has 0 bridgehead atoms. The van der Waals surface area contributed by atoms with Gasteiger partial charge in [-0.05, 0) is 43.7 Å². The van der Waals surface area contributed by atoms with Crippen molar-refractivity contribution < 1.29 is 19.1 Å². The van der Waals surface area contributed by atoms with Crippen LogP contribution in [0.5, 0.6) is 5.75 Å². The molecule has 1 aromatic carbocycles. The standard InChI is InChI=1S/C18H21FN2O3/c19-12-2-5-14(16(22)9-12)18(24)20-8-7-15-11(10-20)1-6-17(23)21(15)13-3-4-13/h2,5,9,11,13,15,22H,1,3-4,6-8,10H2/t11-,15+/m0/s1. The third-order valence-electron chi connectivity index (χ3n) is 5.49. The van der Waals surface area contributed by atoms with Crippen molar-refractivity contribution >= 4 is 11.8 Å². The molecule has 0 unspecified atom stereocenters. The van der Waals surface area contributed by atoms with Gasteiger partial charge in [-0.3, -0.25) is 9.59 Å². The average molecular weight is 332 g/mol. The molecule has 0 aromatic heterocycles. The summed E-state index contributed by atoms with van der Waals surface area (Å²) in [6.45, 7) is 1.16. The average Bonchev–Trinajstić information content (AvgIpc) is 3.38. The molecule has 1 saturated carbocycles. The maximum absolute atomic E-state index is 13.1. The first-order chi connectivity index (χ1) is 11.5. The first kappa shape index (κ1) is 15.4. The number of carbonyl (C=O) groups excluding carboxylic acids is 2. The van der Waals surface area contributed by atoms with Crippen LogP contribution in [0.15, 0.2) is 18.2 Å². The second-order valence-electron chi connectivity index (χ2n) is 7.10. The van der Waals surface area contributed by atoms with Crippen LogP contribution in [0.1, 0.15) is 42.5 Å². The van der Waals surface area contributed by atoms with Gasteiger partial charge >= 0.3 is 0 Å². The molecule has 0 radical (unpaired) electrons. The summed E-state index contributed by atoms with van der Waals surface area (Å²) in [6.07, 6.45) is 4.34. The van der Waals surface area contributed by atoms with E-state index in [0.717, 1.165) is 31.7 Å². The van der Waals surface area contributed by atoms with Gasteiger partial charge in [-0.1, -0.05) is 0 Å². The van der Waals surface area contributed by atoms with Gasteiger partial charge in [0.25, 0.3) is 5.91 Å². The number of carbonyl (C=O) groups is 2. The molecule has 24 heavy (non-hydrogen) atoms. The van der Waals surface area contributed by atoms with Crippen LogP contribution in [0.3, 0.4) is 0 Å². The van der Waals surface area contributed by atoms with Crippen molar-refractivity contribution in [3.63, 3.8) is 0 Å². The molecule has 5 nitrogen and oxygen atoms in total. The lowest BCUT2D eigenvalue weighted by molar-refractivity contribution is -0.141. The third kappa shape index (κ3) is 2.64.